The van der Waals surface area contributed by atoms with Gasteiger partial charge in [-0.15, -0.1) is 0 Å². The summed E-state index contributed by atoms with van der Waals surface area (Å²) in [5, 5.41) is 2.77. The quantitative estimate of drug-likeness (QED) is 0.588. The lowest BCUT2D eigenvalue weighted by Gasteiger charge is -2.15. The standard InChI is InChI=1S/C14H15FN4O/c1-9(10-4-3-7-17-8-10)18-14(20)11-5-2-6-12(15)13(11)19-16/h2-9,19H,16H2,1H3,(H,18,20). The highest BCUT2D eigenvalue weighted by Crippen LogP contribution is 2.20. The highest BCUT2D eigenvalue weighted by atomic mass is 19.1. The number of para-hydroxylation sites is 1. The molecule has 1 aromatic heterocycles. The number of hydrogen-bond acceptors (Lipinski definition) is 4. The number of carbonyl (C=O) groups excluding carboxylic acids is 1. The van der Waals surface area contributed by atoms with Crippen molar-refractivity contribution in [2.75, 3.05) is 5.43 Å². The van der Waals surface area contributed by atoms with Crippen molar-refractivity contribution < 1.29 is 9.18 Å². The molecule has 1 heterocycles. The molecule has 20 heavy (non-hydrogen) atoms. The molecule has 0 saturated heterocycles. The summed E-state index contributed by atoms with van der Waals surface area (Å²) in [5.41, 5.74) is 3.20. The number of pyridine rings is 1. The molecule has 0 spiro atoms. The van der Waals surface area contributed by atoms with Crippen molar-refractivity contribution in [1.82, 2.24) is 10.3 Å². The molecule has 0 aliphatic rings. The van der Waals surface area contributed by atoms with Crippen molar-refractivity contribution in [3.63, 3.8) is 0 Å². The van der Waals surface area contributed by atoms with Gasteiger partial charge in [-0.3, -0.25) is 15.6 Å². The lowest BCUT2D eigenvalue weighted by molar-refractivity contribution is 0.0940. The summed E-state index contributed by atoms with van der Waals surface area (Å²) in [6.07, 6.45) is 3.32. The first-order valence-corrected chi connectivity index (χ1v) is 6.09. The smallest absolute Gasteiger partial charge is 0.254 e. The highest BCUT2D eigenvalue weighted by molar-refractivity contribution is 5.99. The van der Waals surface area contributed by atoms with Gasteiger partial charge in [0.15, 0.2) is 0 Å². The maximum Gasteiger partial charge on any atom is 0.254 e. The van der Waals surface area contributed by atoms with E-state index in [1.54, 1.807) is 18.5 Å². The first-order valence-electron chi connectivity index (χ1n) is 6.09. The SMILES string of the molecule is CC(NC(=O)c1cccc(F)c1NN)c1cccnc1. The van der Waals surface area contributed by atoms with E-state index in [1.807, 2.05) is 13.0 Å². The Morgan fingerprint density at radius 3 is 2.80 bits per heavy atom. The summed E-state index contributed by atoms with van der Waals surface area (Å²) in [4.78, 5) is 16.2. The zero-order valence-electron chi connectivity index (χ0n) is 10.9. The van der Waals surface area contributed by atoms with Gasteiger partial charge in [0.05, 0.1) is 17.3 Å². The molecule has 4 N–H and O–H groups in total. The fourth-order valence-corrected chi connectivity index (χ4v) is 1.85. The number of hydrazine groups is 1. The Kier molecular flexibility index (Phi) is 4.27. The van der Waals surface area contributed by atoms with Crippen molar-refractivity contribution >= 4 is 11.6 Å². The molecule has 6 heteroatoms. The fourth-order valence-electron chi connectivity index (χ4n) is 1.85. The van der Waals surface area contributed by atoms with E-state index in [1.165, 1.54) is 18.2 Å². The Hall–Kier alpha value is -2.47. The van der Waals surface area contributed by atoms with E-state index in [2.05, 4.69) is 15.7 Å². The van der Waals surface area contributed by atoms with Crippen LogP contribution in [0, 0.1) is 5.82 Å². The summed E-state index contributed by atoms with van der Waals surface area (Å²) in [6.45, 7) is 1.82. The maximum atomic E-state index is 13.5. The van der Waals surface area contributed by atoms with E-state index in [0.717, 1.165) is 5.56 Å². The number of nitrogens with zero attached hydrogens (tertiary/aromatic N) is 1. The van der Waals surface area contributed by atoms with Crippen LogP contribution in [0.2, 0.25) is 0 Å². The summed E-state index contributed by atoms with van der Waals surface area (Å²) < 4.78 is 13.5. The van der Waals surface area contributed by atoms with Gasteiger partial charge in [0.2, 0.25) is 0 Å². The van der Waals surface area contributed by atoms with Crippen LogP contribution in [0.25, 0.3) is 0 Å². The average molecular weight is 274 g/mol. The molecule has 0 radical (unpaired) electrons. The fraction of sp³-hybridized carbons (Fsp3) is 0.143. The molecule has 2 rings (SSSR count). The van der Waals surface area contributed by atoms with Gasteiger partial charge in [-0.2, -0.15) is 0 Å². The molecule has 104 valence electrons. The number of hydrogen-bond donors (Lipinski definition) is 3. The molecule has 1 amide bonds. The van der Waals surface area contributed by atoms with Crippen molar-refractivity contribution in [3.05, 3.63) is 59.7 Å². The molecule has 1 atom stereocenters. The molecule has 0 bridgehead atoms. The third-order valence-corrected chi connectivity index (χ3v) is 2.93. The van der Waals surface area contributed by atoms with E-state index in [9.17, 15) is 9.18 Å². The van der Waals surface area contributed by atoms with Crippen molar-refractivity contribution in [3.8, 4) is 0 Å². The number of nitrogen functional groups attached to an aromatic ring is 1. The van der Waals surface area contributed by atoms with Crippen LogP contribution in [0.1, 0.15) is 28.9 Å². The van der Waals surface area contributed by atoms with E-state index in [4.69, 9.17) is 5.84 Å². The van der Waals surface area contributed by atoms with Gasteiger partial charge < -0.3 is 10.7 Å². The lowest BCUT2D eigenvalue weighted by Crippen LogP contribution is -2.28. The number of aromatic nitrogens is 1. The van der Waals surface area contributed by atoms with E-state index in [0.29, 0.717) is 0 Å². The number of rotatable bonds is 4. The number of nitrogens with one attached hydrogen (secondary N) is 2. The number of amides is 1. The number of carbonyl (C=O) groups is 1. The predicted molar refractivity (Wildman–Crippen MR) is 74.3 cm³/mol. The summed E-state index contributed by atoms with van der Waals surface area (Å²) >= 11 is 0. The van der Waals surface area contributed by atoms with Crippen LogP contribution in [0.15, 0.2) is 42.7 Å². The minimum absolute atomic E-state index is 0.0246. The number of halogens is 1. The topological polar surface area (TPSA) is 80.0 Å². The summed E-state index contributed by atoms with van der Waals surface area (Å²) in [5.74, 6) is 4.27. The second-order valence-electron chi connectivity index (χ2n) is 4.29. The third-order valence-electron chi connectivity index (χ3n) is 2.93. The Labute approximate surface area is 116 Å². The molecule has 0 aliphatic carbocycles. The molecule has 0 saturated carbocycles. The van der Waals surface area contributed by atoms with Crippen LogP contribution in [0.5, 0.6) is 0 Å². The Morgan fingerprint density at radius 1 is 1.35 bits per heavy atom. The zero-order chi connectivity index (χ0) is 14.5. The summed E-state index contributed by atoms with van der Waals surface area (Å²) in [6, 6.07) is 7.59. The van der Waals surface area contributed by atoms with Gasteiger partial charge in [0.25, 0.3) is 5.91 Å². The second kappa shape index (κ2) is 6.12. The lowest BCUT2D eigenvalue weighted by atomic mass is 10.1. The number of anilines is 1. The van der Waals surface area contributed by atoms with Crippen LogP contribution >= 0.6 is 0 Å². The number of nitrogens with two attached hydrogens (primary N) is 1. The normalized spacial score (nSPS) is 11.8. The van der Waals surface area contributed by atoms with Crippen LogP contribution in [0.3, 0.4) is 0 Å². The molecule has 1 aromatic carbocycles. The number of benzene rings is 1. The minimum Gasteiger partial charge on any atom is -0.345 e. The molecule has 5 nitrogen and oxygen atoms in total. The minimum atomic E-state index is -0.575. The maximum absolute atomic E-state index is 13.5. The second-order valence-corrected chi connectivity index (χ2v) is 4.29. The van der Waals surface area contributed by atoms with Gasteiger partial charge in [-0.1, -0.05) is 12.1 Å². The van der Waals surface area contributed by atoms with Crippen LogP contribution < -0.4 is 16.6 Å². The average Bonchev–Trinajstić information content (AvgIpc) is 2.47. The monoisotopic (exact) mass is 274 g/mol. The van der Waals surface area contributed by atoms with Gasteiger partial charge in [-0.05, 0) is 30.7 Å². The molecule has 0 aliphatic heterocycles. The first kappa shape index (κ1) is 14.0. The van der Waals surface area contributed by atoms with Gasteiger partial charge in [-0.25, -0.2) is 4.39 Å². The third kappa shape index (κ3) is 2.92. The largest absolute Gasteiger partial charge is 0.345 e. The van der Waals surface area contributed by atoms with Crippen molar-refractivity contribution in [2.24, 2.45) is 5.84 Å². The zero-order valence-corrected chi connectivity index (χ0v) is 10.9. The van der Waals surface area contributed by atoms with E-state index in [-0.39, 0.29) is 17.3 Å². The van der Waals surface area contributed by atoms with E-state index < -0.39 is 11.7 Å². The van der Waals surface area contributed by atoms with Gasteiger partial charge >= 0.3 is 0 Å². The Bertz CT molecular complexity index is 603. The van der Waals surface area contributed by atoms with Crippen molar-refractivity contribution in [1.29, 1.82) is 0 Å². The first-order chi connectivity index (χ1) is 9.63. The van der Waals surface area contributed by atoms with Crippen LogP contribution in [-0.2, 0) is 0 Å². The Balaban J connectivity index is 2.19. The molecule has 2 aromatic rings. The molecular formula is C14H15FN4O. The van der Waals surface area contributed by atoms with Crippen LogP contribution in [-0.4, -0.2) is 10.9 Å². The van der Waals surface area contributed by atoms with E-state index >= 15 is 0 Å². The van der Waals surface area contributed by atoms with Crippen LogP contribution in [0.4, 0.5) is 10.1 Å². The summed E-state index contributed by atoms with van der Waals surface area (Å²) in [7, 11) is 0. The highest BCUT2D eigenvalue weighted by Gasteiger charge is 2.16. The van der Waals surface area contributed by atoms with Crippen molar-refractivity contribution in [2.45, 2.75) is 13.0 Å². The molecule has 1 unspecified atom stereocenters. The predicted octanol–water partition coefficient (Wildman–Crippen LogP) is 2.00. The Morgan fingerprint density at radius 2 is 2.15 bits per heavy atom. The van der Waals surface area contributed by atoms with Gasteiger partial charge in [0.1, 0.15) is 5.82 Å². The van der Waals surface area contributed by atoms with Gasteiger partial charge in [0, 0.05) is 12.4 Å². The molecular weight excluding hydrogens is 259 g/mol. The molecule has 0 fully saturated rings.